The Hall–Kier alpha value is -8.49. The quantitative estimate of drug-likeness (QED) is 0.0132. The van der Waals surface area contributed by atoms with Crippen LogP contribution in [0.25, 0.3) is 0 Å². The molecule has 8 fully saturated rings. The van der Waals surface area contributed by atoms with E-state index in [2.05, 4.69) is 48.2 Å². The molecule has 18 rings (SSSR count). The Balaban J connectivity index is 0.000000158. The number of fused-ring (bicyclic) bond motifs is 4. The van der Waals surface area contributed by atoms with Crippen molar-refractivity contribution in [1.29, 1.82) is 0 Å². The summed E-state index contributed by atoms with van der Waals surface area (Å²) in [6, 6.07) is 69.7. The smallest absolute Gasteiger partial charge is 0.330 e. The molecule has 10 heterocycles. The van der Waals surface area contributed by atoms with Crippen LogP contribution < -0.4 is 35.5 Å². The number of ether oxygens (including phenoxy) is 10. The standard InChI is InChI=1S/C45H48N3O9PS2.C33H34N2O7.C12H24N3P.C9H10OS2/c1-31-28-48(43(51)46-40(31)49)41-38-39(57-58(47-24-10-11-25-47)60-27-26-59-42(50)32-12-6-4-7-13-32)44(56-41,29-54-38)30-55-45(33-14-8-5-9-15-33,34-16-20-36(52-2)21-17-34)35-18-22-37(53-3)23-19-35;1-21-18-35(22(2)34-30(21)37)31-28-29(36)32(42-31,19-40-28)20-41-33(23-8-6-5-7-9-23,24-10-14-26(38-3)15-11-24)25-12-16-27(39-4)17-13-25;1-2-8-13(7-1)16(14-9-3-4-10-14)15-11-5-6-12-15;10-9(12-7-6-11)8-4-2-1-3-5-8/h4-9,12-23,28,38-39,41H,10-11,24-27,29-30H2,1-3H3,(H,46,49,51);5-18,28-29,31,36H,2,19-20H2,1,3-4H3,(H,34,37);1-12H2;1-5,11H,6-7H2/t38-,39+,41-,44-,58?;28-,29+,31-,32-;;/m11../s1. The van der Waals surface area contributed by atoms with Gasteiger partial charge in [0.1, 0.15) is 84.0 Å². The number of benzene rings is 8. The SMILES string of the molecule is C1CCN(P(N2CCCC2)N2CCCC2)C1.C=C1NC(=O)C(C)=CN1[C@@H]1O[C@@]2(COC(c3ccccc3)(c3ccc(OC)cc3)c3ccc(OC)cc3)CO[C@@H]1[C@@H]2O.COc1ccc(C(OC[C@@]23CO[C@@H]([C@H](n4cc(C)c(=O)[nH]c4=O)O2)[C@@H]3OP(SCCSC(=O)c2ccccc2)N2CCCC2)(c2ccccc2)c2ccc(OC)cc2)cc1.O=C(SCCS)c1ccccc1. The zero-order valence-electron chi connectivity index (χ0n) is 74.3. The number of aromatic amines is 1. The summed E-state index contributed by atoms with van der Waals surface area (Å²) in [7, 11) is 5.21. The van der Waals surface area contributed by atoms with Crippen LogP contribution >= 0.6 is 63.4 Å². The molecule has 0 saturated carbocycles. The Morgan fingerprint density at radius 3 is 1.32 bits per heavy atom. The number of hydrogen-bond acceptors (Lipinski definition) is 26. The predicted molar refractivity (Wildman–Crippen MR) is 516 cm³/mol. The zero-order valence-corrected chi connectivity index (χ0v) is 79.4. The molecule has 3 N–H and O–H groups in total. The molecule has 0 spiro atoms. The maximum Gasteiger partial charge on any atom is 0.330 e. The van der Waals surface area contributed by atoms with E-state index < -0.39 is 78.0 Å². The number of thiol groups is 1. The summed E-state index contributed by atoms with van der Waals surface area (Å²) in [6.07, 6.45) is 9.24. The zero-order chi connectivity index (χ0) is 90.8. The Morgan fingerprint density at radius 1 is 0.508 bits per heavy atom. The molecule has 1 amide bonds. The van der Waals surface area contributed by atoms with Crippen LogP contribution in [0.4, 0.5) is 0 Å². The van der Waals surface area contributed by atoms with E-state index in [1.807, 2.05) is 218 Å². The van der Waals surface area contributed by atoms with E-state index in [0.717, 1.165) is 87.9 Å². The minimum atomic E-state index is -1.25. The topological polar surface area (TPSA) is 256 Å². The number of amides is 1. The maximum atomic E-state index is 13.4. The van der Waals surface area contributed by atoms with Crippen molar-refractivity contribution >= 4 is 79.5 Å². The van der Waals surface area contributed by atoms with Gasteiger partial charge in [0.15, 0.2) is 20.0 Å². The molecule has 9 aliphatic rings. The predicted octanol–water partition coefficient (Wildman–Crippen LogP) is 16.2. The number of rotatable bonds is 32. The number of thioether (sulfide) groups is 2. The summed E-state index contributed by atoms with van der Waals surface area (Å²) in [5, 5.41) is 14.4. The van der Waals surface area contributed by atoms with E-state index in [9.17, 15) is 29.1 Å². The van der Waals surface area contributed by atoms with Crippen molar-refractivity contribution in [1.82, 2.24) is 38.4 Å². The largest absolute Gasteiger partial charge is 0.497 e. The Kier molecular flexibility index (Phi) is 33.3. The van der Waals surface area contributed by atoms with Crippen molar-refractivity contribution in [3.05, 3.63) is 320 Å². The fourth-order valence-corrected chi connectivity index (χ4v) is 27.1. The Labute approximate surface area is 781 Å². The Morgan fingerprint density at radius 2 is 0.892 bits per heavy atom. The van der Waals surface area contributed by atoms with Crippen LogP contribution in [-0.2, 0) is 48.9 Å². The molecule has 688 valence electrons. The fraction of sp³-hybridized carbons (Fsp3) is 0.404. The number of methoxy groups -OCH3 is 4. The second kappa shape index (κ2) is 45.0. The highest BCUT2D eigenvalue weighted by molar-refractivity contribution is 8.53. The third kappa shape index (κ3) is 21.6. The third-order valence-electron chi connectivity index (χ3n) is 24.7. The van der Waals surface area contributed by atoms with Gasteiger partial charge in [0.05, 0.1) is 54.9 Å². The molecule has 31 heteroatoms. The normalized spacial score (nSPS) is 22.8. The highest BCUT2D eigenvalue weighted by Gasteiger charge is 2.66. The van der Waals surface area contributed by atoms with Crippen LogP contribution in [0.15, 0.2) is 258 Å². The van der Waals surface area contributed by atoms with Crippen LogP contribution in [0.1, 0.15) is 124 Å². The van der Waals surface area contributed by atoms with E-state index in [4.69, 9.17) is 51.9 Å². The number of carbonyl (C=O) groups excluding carboxylic acids is 3. The van der Waals surface area contributed by atoms with E-state index in [-0.39, 0.29) is 50.9 Å². The lowest BCUT2D eigenvalue weighted by atomic mass is 9.79. The molecule has 8 aromatic carbocycles. The van der Waals surface area contributed by atoms with Crippen LogP contribution in [-0.4, -0.2) is 226 Å². The van der Waals surface area contributed by atoms with Gasteiger partial charge in [-0.05, 0) is 153 Å². The number of aliphatic hydroxyl groups excluding tert-OH is 1. The van der Waals surface area contributed by atoms with E-state index in [1.165, 1.54) is 112 Å². The first-order valence-corrected chi connectivity index (χ1v) is 50.9. The first-order valence-electron chi connectivity index (χ1n) is 44.3. The first kappa shape index (κ1) is 96.1. The lowest BCUT2D eigenvalue weighted by molar-refractivity contribution is -0.208. The van der Waals surface area contributed by atoms with Crippen molar-refractivity contribution in [2.45, 2.75) is 124 Å². The van der Waals surface area contributed by atoms with Gasteiger partial charge < -0.3 is 67.2 Å². The molecule has 9 aliphatic heterocycles. The molecule has 4 bridgehead atoms. The molecular weight excluding hydrogens is 1760 g/mol. The number of aryl methyl sites for hydroxylation is 1. The van der Waals surface area contributed by atoms with Gasteiger partial charge in [0.2, 0.25) is 10.2 Å². The summed E-state index contributed by atoms with van der Waals surface area (Å²) in [4.78, 5) is 66.5. The van der Waals surface area contributed by atoms with Crippen molar-refractivity contribution in [2.24, 2.45) is 0 Å². The van der Waals surface area contributed by atoms with Gasteiger partial charge in [0.25, 0.3) is 11.5 Å². The van der Waals surface area contributed by atoms with Gasteiger partial charge in [-0.3, -0.25) is 47.4 Å². The molecule has 0 radical (unpaired) electrons. The number of nitrogens with zero attached hydrogens (tertiary/aromatic N) is 6. The molecule has 8 saturated heterocycles. The van der Waals surface area contributed by atoms with Crippen LogP contribution in [0.3, 0.4) is 0 Å². The monoisotopic (exact) mass is 1880 g/mol. The highest BCUT2D eigenvalue weighted by Crippen LogP contribution is 2.62. The number of aliphatic hydroxyl groups is 1. The van der Waals surface area contributed by atoms with Gasteiger partial charge in [0, 0.05) is 104 Å². The lowest BCUT2D eigenvalue weighted by Gasteiger charge is -2.41. The van der Waals surface area contributed by atoms with Crippen molar-refractivity contribution < 1.29 is 71.4 Å². The number of aromatic nitrogens is 2. The summed E-state index contributed by atoms with van der Waals surface area (Å²) in [5.41, 5.74) is 1.83. The van der Waals surface area contributed by atoms with E-state index >= 15 is 0 Å². The number of hydrogen-bond donors (Lipinski definition) is 4. The molecular formula is C99H116N8O17P2S4. The van der Waals surface area contributed by atoms with E-state index in [0.29, 0.717) is 45.5 Å². The molecule has 1 aromatic heterocycles. The van der Waals surface area contributed by atoms with Gasteiger partial charge in [-0.25, -0.2) is 4.79 Å². The van der Waals surface area contributed by atoms with Crippen molar-refractivity contribution in [3.8, 4) is 23.0 Å². The van der Waals surface area contributed by atoms with Crippen LogP contribution in [0, 0.1) is 6.92 Å². The molecule has 9 aromatic rings. The minimum Gasteiger partial charge on any atom is -0.497 e. The van der Waals surface area contributed by atoms with Crippen LogP contribution in [0.5, 0.6) is 23.0 Å². The number of carbonyl (C=O) groups is 3. The third-order valence-corrected chi connectivity index (χ3v) is 34.1. The summed E-state index contributed by atoms with van der Waals surface area (Å²) >= 11 is 8.36. The molecule has 0 aliphatic carbocycles. The average molecular weight is 1880 g/mol. The maximum absolute atomic E-state index is 13.4. The second-order valence-corrected chi connectivity index (χ2v) is 41.5. The van der Waals surface area contributed by atoms with Gasteiger partial charge in [-0.15, -0.1) is 0 Å². The van der Waals surface area contributed by atoms with Crippen LogP contribution in [0.2, 0.25) is 0 Å². The van der Waals surface area contributed by atoms with Gasteiger partial charge in [-0.1, -0.05) is 211 Å². The fourth-order valence-electron chi connectivity index (χ4n) is 17.9. The number of nitrogens with one attached hydrogen (secondary N) is 2. The van der Waals surface area contributed by atoms with E-state index in [1.54, 1.807) is 64.8 Å². The average Bonchev–Trinajstić information content (AvgIpc) is 1.58. The lowest BCUT2D eigenvalue weighted by Crippen LogP contribution is -2.51. The van der Waals surface area contributed by atoms with Gasteiger partial charge in [-0.2, -0.15) is 12.6 Å². The Bertz CT molecular complexity index is 5240. The summed E-state index contributed by atoms with van der Waals surface area (Å²) < 4.78 is 82.2. The highest BCUT2D eigenvalue weighted by atomic mass is 32.7. The molecule has 25 nitrogen and oxygen atoms in total. The summed E-state index contributed by atoms with van der Waals surface area (Å²) in [6.45, 7) is 17.5. The number of H-pyrrole nitrogens is 1. The second-order valence-electron chi connectivity index (χ2n) is 33.1. The van der Waals surface area contributed by atoms with Crippen molar-refractivity contribution in [3.63, 3.8) is 0 Å². The first-order chi connectivity index (χ1) is 63.3. The minimum absolute atomic E-state index is 0.00346. The molecule has 1 unspecified atom stereocenters. The molecule has 130 heavy (non-hydrogen) atoms. The summed E-state index contributed by atoms with van der Waals surface area (Å²) in [5.74, 6) is 5.77. The van der Waals surface area contributed by atoms with Gasteiger partial charge >= 0.3 is 5.69 Å². The molecule has 9 atom stereocenters. The van der Waals surface area contributed by atoms with Crippen molar-refractivity contribution in [2.75, 3.05) is 130 Å².